The lowest BCUT2D eigenvalue weighted by Gasteiger charge is -2.15. The first-order valence-electron chi connectivity index (χ1n) is 10.2. The average Bonchev–Trinajstić information content (AvgIpc) is 2.75. The number of hydrogen-bond acceptors (Lipinski definition) is 7. The van der Waals surface area contributed by atoms with Crippen LogP contribution in [-0.2, 0) is 32.1 Å². The predicted molar refractivity (Wildman–Crippen MR) is 120 cm³/mol. The summed E-state index contributed by atoms with van der Waals surface area (Å²) in [5.74, 6) is -0.0829. The van der Waals surface area contributed by atoms with Gasteiger partial charge in [0.05, 0.1) is 24.0 Å². The highest BCUT2D eigenvalue weighted by Gasteiger charge is 2.32. The molecule has 0 radical (unpaired) electrons. The molecule has 1 N–H and O–H groups in total. The van der Waals surface area contributed by atoms with Crippen molar-refractivity contribution < 1.29 is 40.5 Å². The number of aryl methyl sites for hydroxylation is 1. The van der Waals surface area contributed by atoms with Gasteiger partial charge in [-0.25, -0.2) is 18.1 Å². The molecule has 0 aliphatic rings. The normalized spacial score (nSPS) is 12.2. The van der Waals surface area contributed by atoms with E-state index in [9.17, 15) is 21.6 Å². The Balaban J connectivity index is 2.20. The molecule has 2 rings (SSSR count). The van der Waals surface area contributed by atoms with Crippen molar-refractivity contribution in [1.29, 1.82) is 0 Å². The van der Waals surface area contributed by atoms with Crippen LogP contribution in [-0.4, -0.2) is 52.3 Å². The average molecular weight is 527 g/mol. The number of halogens is 4. The van der Waals surface area contributed by atoms with Crippen molar-refractivity contribution in [1.82, 2.24) is 9.71 Å². The lowest BCUT2D eigenvalue weighted by molar-refractivity contribution is -0.137. The van der Waals surface area contributed by atoms with Crippen LogP contribution in [0.4, 0.5) is 13.2 Å². The summed E-state index contributed by atoms with van der Waals surface area (Å²) >= 11 is 5.95. The first-order chi connectivity index (χ1) is 15.9. The van der Waals surface area contributed by atoms with E-state index in [1.54, 1.807) is 12.1 Å². The van der Waals surface area contributed by atoms with E-state index in [0.717, 1.165) is 0 Å². The number of aromatic nitrogens is 1. The number of nitrogens with zero attached hydrogens (tertiary/aromatic N) is 1. The lowest BCUT2D eigenvalue weighted by atomic mass is 10.1. The minimum atomic E-state index is -4.62. The summed E-state index contributed by atoms with van der Waals surface area (Å²) in [5.41, 5.74) is -0.577. The number of benzene rings is 1. The van der Waals surface area contributed by atoms with Crippen molar-refractivity contribution in [3.8, 4) is 17.4 Å². The molecule has 0 spiro atoms. The second-order valence-corrected chi connectivity index (χ2v) is 9.65. The Bertz CT molecular complexity index is 1050. The molecule has 1 aromatic heterocycles. The number of sulfonamides is 1. The quantitative estimate of drug-likeness (QED) is 0.305. The topological polar surface area (TPSA) is 96.0 Å². The Labute approximate surface area is 201 Å². The second-order valence-electron chi connectivity index (χ2n) is 7.31. The van der Waals surface area contributed by atoms with E-state index >= 15 is 0 Å². The summed E-state index contributed by atoms with van der Waals surface area (Å²) < 4.78 is 86.9. The first-order valence-corrected chi connectivity index (χ1v) is 12.2. The van der Waals surface area contributed by atoms with Crippen LogP contribution in [0.15, 0.2) is 30.5 Å². The summed E-state index contributed by atoms with van der Waals surface area (Å²) in [6, 6.07) is 5.30. The van der Waals surface area contributed by atoms with Gasteiger partial charge in [-0.3, -0.25) is 0 Å². The van der Waals surface area contributed by atoms with E-state index in [2.05, 4.69) is 9.71 Å². The zero-order chi connectivity index (χ0) is 25.4. The van der Waals surface area contributed by atoms with Crippen LogP contribution in [0.3, 0.4) is 0 Å². The van der Waals surface area contributed by atoms with Crippen molar-refractivity contribution in [3.05, 3.63) is 46.6 Å². The predicted octanol–water partition coefficient (Wildman–Crippen LogP) is 4.42. The first kappa shape index (κ1) is 28.1. The third kappa shape index (κ3) is 9.26. The van der Waals surface area contributed by atoms with Gasteiger partial charge in [-0.2, -0.15) is 13.2 Å². The smallest absolute Gasteiger partial charge is 0.417 e. The molecule has 0 saturated heterocycles. The number of nitrogens with one attached hydrogen (secondary N) is 1. The van der Waals surface area contributed by atoms with E-state index in [0.29, 0.717) is 23.6 Å². The van der Waals surface area contributed by atoms with E-state index in [-0.39, 0.29) is 54.9 Å². The highest BCUT2D eigenvalue weighted by Crippen LogP contribution is 2.36. The Morgan fingerprint density at radius 1 is 1.21 bits per heavy atom. The van der Waals surface area contributed by atoms with E-state index in [1.807, 2.05) is 13.8 Å². The SMILES string of the molecule is COCOc1ccc(CCS(=O)(=O)NCCOC(C)C)c(Oc2ncc(C(F)(F)F)cc2Cl)c1. The molecule has 0 aliphatic carbocycles. The highest BCUT2D eigenvalue weighted by molar-refractivity contribution is 7.89. The number of alkyl halides is 3. The summed E-state index contributed by atoms with van der Waals surface area (Å²) in [6.45, 7) is 3.98. The minimum absolute atomic E-state index is 0.0197. The van der Waals surface area contributed by atoms with Crippen LogP contribution in [0, 0.1) is 0 Å². The molecular weight excluding hydrogens is 501 g/mol. The molecule has 0 bridgehead atoms. The molecule has 1 aromatic carbocycles. The Morgan fingerprint density at radius 3 is 2.56 bits per heavy atom. The molecule has 190 valence electrons. The van der Waals surface area contributed by atoms with Crippen molar-refractivity contribution in [2.24, 2.45) is 0 Å². The Kier molecular flexibility index (Phi) is 10.4. The van der Waals surface area contributed by atoms with Crippen molar-refractivity contribution in [2.45, 2.75) is 32.5 Å². The van der Waals surface area contributed by atoms with Crippen molar-refractivity contribution >= 4 is 21.6 Å². The zero-order valence-electron chi connectivity index (χ0n) is 18.8. The summed E-state index contributed by atoms with van der Waals surface area (Å²) in [6.07, 6.45) is -4.00. The van der Waals surface area contributed by atoms with E-state index < -0.39 is 21.8 Å². The maximum Gasteiger partial charge on any atom is 0.417 e. The van der Waals surface area contributed by atoms with Gasteiger partial charge in [-0.15, -0.1) is 0 Å². The van der Waals surface area contributed by atoms with Gasteiger partial charge in [0.2, 0.25) is 15.9 Å². The Hall–Kier alpha value is -2.12. The minimum Gasteiger partial charge on any atom is -0.467 e. The molecule has 34 heavy (non-hydrogen) atoms. The molecule has 0 fully saturated rings. The molecule has 8 nitrogen and oxygen atoms in total. The van der Waals surface area contributed by atoms with E-state index in [4.69, 9.17) is 30.5 Å². The van der Waals surface area contributed by atoms with Crippen LogP contribution in [0.25, 0.3) is 0 Å². The fourth-order valence-corrected chi connectivity index (χ4v) is 3.85. The maximum absolute atomic E-state index is 12.9. The maximum atomic E-state index is 12.9. The summed E-state index contributed by atoms with van der Waals surface area (Å²) in [7, 11) is -2.19. The fraction of sp³-hybridized carbons (Fsp3) is 0.476. The monoisotopic (exact) mass is 526 g/mol. The van der Waals surface area contributed by atoms with Gasteiger partial charge in [-0.1, -0.05) is 17.7 Å². The van der Waals surface area contributed by atoms with Crippen molar-refractivity contribution in [3.63, 3.8) is 0 Å². The van der Waals surface area contributed by atoms with Crippen LogP contribution >= 0.6 is 11.6 Å². The number of pyridine rings is 1. The van der Waals surface area contributed by atoms with Crippen LogP contribution in [0.5, 0.6) is 17.4 Å². The van der Waals surface area contributed by atoms with Gasteiger partial charge >= 0.3 is 6.18 Å². The van der Waals surface area contributed by atoms with Crippen LogP contribution in [0.1, 0.15) is 25.0 Å². The van der Waals surface area contributed by atoms with Gasteiger partial charge in [-0.05, 0) is 38.0 Å². The van der Waals surface area contributed by atoms with E-state index in [1.165, 1.54) is 13.2 Å². The highest BCUT2D eigenvalue weighted by atomic mass is 35.5. The zero-order valence-corrected chi connectivity index (χ0v) is 20.4. The molecule has 0 unspecified atom stereocenters. The summed E-state index contributed by atoms with van der Waals surface area (Å²) in [5, 5.41) is -0.358. The number of rotatable bonds is 13. The number of methoxy groups -OCH3 is 1. The molecule has 0 atom stereocenters. The largest absolute Gasteiger partial charge is 0.467 e. The second kappa shape index (κ2) is 12.5. The number of hydrogen-bond donors (Lipinski definition) is 1. The van der Waals surface area contributed by atoms with Gasteiger partial charge in [0, 0.05) is 25.9 Å². The molecule has 2 aromatic rings. The van der Waals surface area contributed by atoms with Crippen molar-refractivity contribution in [2.75, 3.05) is 32.8 Å². The number of ether oxygens (including phenoxy) is 4. The fourth-order valence-electron chi connectivity index (χ4n) is 2.62. The van der Waals surface area contributed by atoms with Crippen LogP contribution in [0.2, 0.25) is 5.02 Å². The molecule has 13 heteroatoms. The molecule has 0 amide bonds. The molecular formula is C21H26ClF3N2O6S. The molecule has 0 saturated carbocycles. The molecule has 1 heterocycles. The van der Waals surface area contributed by atoms with Gasteiger partial charge < -0.3 is 18.9 Å². The van der Waals surface area contributed by atoms with Gasteiger partial charge in [0.25, 0.3) is 0 Å². The van der Waals surface area contributed by atoms with Crippen LogP contribution < -0.4 is 14.2 Å². The lowest BCUT2D eigenvalue weighted by Crippen LogP contribution is -2.31. The standard InChI is InChI=1S/C21H26ClF3N2O6S/c1-14(2)31-8-7-27-34(28,29)9-6-15-4-5-17(32-13-30-3)11-19(15)33-20-18(22)10-16(12-26-20)21(23,24)25/h4-5,10-12,14,27H,6-9,13H2,1-3H3. The third-order valence-corrected chi connectivity index (χ3v) is 5.90. The third-order valence-electron chi connectivity index (χ3n) is 4.24. The summed E-state index contributed by atoms with van der Waals surface area (Å²) in [4.78, 5) is 3.66. The molecule has 0 aliphatic heterocycles. The van der Waals surface area contributed by atoms with Gasteiger partial charge in [0.1, 0.15) is 16.5 Å². The Morgan fingerprint density at radius 2 is 1.94 bits per heavy atom. The van der Waals surface area contributed by atoms with Gasteiger partial charge in [0.15, 0.2) is 6.79 Å².